The van der Waals surface area contributed by atoms with E-state index in [1.54, 1.807) is 7.11 Å². The van der Waals surface area contributed by atoms with Gasteiger partial charge in [-0.25, -0.2) is 0 Å². The Labute approximate surface area is 122 Å². The largest absolute Gasteiger partial charge is 0.493 e. The zero-order chi connectivity index (χ0) is 14.8. The molecule has 20 heavy (non-hydrogen) atoms. The van der Waals surface area contributed by atoms with E-state index in [0.29, 0.717) is 25.2 Å². The highest BCUT2D eigenvalue weighted by molar-refractivity contribution is 5.81. The summed E-state index contributed by atoms with van der Waals surface area (Å²) in [4.78, 5) is 11.6. The first-order chi connectivity index (χ1) is 9.72. The second-order valence-electron chi connectivity index (χ2n) is 4.93. The fourth-order valence-electron chi connectivity index (χ4n) is 2.09. The zero-order valence-corrected chi connectivity index (χ0v) is 12.9. The van der Waals surface area contributed by atoms with Crippen molar-refractivity contribution in [2.24, 2.45) is 0 Å². The van der Waals surface area contributed by atoms with Gasteiger partial charge >= 0.3 is 0 Å². The number of Topliss-reactive ketones (excluding diaryl/α,β-unsaturated/α-hetero) is 1. The van der Waals surface area contributed by atoms with E-state index in [1.807, 2.05) is 25.1 Å². The van der Waals surface area contributed by atoms with Gasteiger partial charge in [-0.15, -0.1) is 0 Å². The molecular formula is C17H26O3. The van der Waals surface area contributed by atoms with E-state index in [1.165, 1.54) is 19.3 Å². The van der Waals surface area contributed by atoms with Crippen molar-refractivity contribution in [3.05, 3.63) is 23.8 Å². The van der Waals surface area contributed by atoms with Gasteiger partial charge in [0.2, 0.25) is 0 Å². The molecule has 0 aliphatic rings. The molecule has 1 aromatic rings. The minimum atomic E-state index is 0.211. The standard InChI is InChI=1S/C17H26O3/c1-4-6-7-8-12-20-16-11-9-10-14(17(16)19-3)13-15(18)5-2/h9-11H,4-8,12-13H2,1-3H3. The predicted molar refractivity (Wildman–Crippen MR) is 81.6 cm³/mol. The van der Waals surface area contributed by atoms with Gasteiger partial charge in [0.05, 0.1) is 13.7 Å². The molecular weight excluding hydrogens is 252 g/mol. The first-order valence-corrected chi connectivity index (χ1v) is 7.53. The van der Waals surface area contributed by atoms with Crippen LogP contribution in [0.15, 0.2) is 18.2 Å². The second-order valence-corrected chi connectivity index (χ2v) is 4.93. The highest BCUT2D eigenvalue weighted by Crippen LogP contribution is 2.31. The minimum absolute atomic E-state index is 0.211. The summed E-state index contributed by atoms with van der Waals surface area (Å²) in [6.45, 7) is 4.77. The van der Waals surface area contributed by atoms with Gasteiger partial charge in [0.25, 0.3) is 0 Å². The topological polar surface area (TPSA) is 35.5 Å². The maximum atomic E-state index is 11.6. The van der Waals surface area contributed by atoms with E-state index in [4.69, 9.17) is 9.47 Å². The van der Waals surface area contributed by atoms with Gasteiger partial charge < -0.3 is 9.47 Å². The van der Waals surface area contributed by atoms with Crippen LogP contribution in [0.25, 0.3) is 0 Å². The number of ether oxygens (including phenoxy) is 2. The number of ketones is 1. The number of methoxy groups -OCH3 is 1. The van der Waals surface area contributed by atoms with Crippen molar-refractivity contribution in [3.8, 4) is 11.5 Å². The number of rotatable bonds is 10. The van der Waals surface area contributed by atoms with Crippen LogP contribution < -0.4 is 9.47 Å². The van der Waals surface area contributed by atoms with Crippen LogP contribution in [-0.2, 0) is 11.2 Å². The number of unbranched alkanes of at least 4 members (excludes halogenated alkanes) is 3. The third-order valence-corrected chi connectivity index (χ3v) is 3.30. The van der Waals surface area contributed by atoms with Crippen molar-refractivity contribution in [1.29, 1.82) is 0 Å². The number of hydrogen-bond donors (Lipinski definition) is 0. The smallest absolute Gasteiger partial charge is 0.164 e. The molecule has 0 atom stereocenters. The normalized spacial score (nSPS) is 10.3. The lowest BCUT2D eigenvalue weighted by molar-refractivity contribution is -0.118. The zero-order valence-electron chi connectivity index (χ0n) is 12.9. The molecule has 3 heteroatoms. The van der Waals surface area contributed by atoms with Crippen LogP contribution >= 0.6 is 0 Å². The number of carbonyl (C=O) groups excluding carboxylic acids is 1. The van der Waals surface area contributed by atoms with Crippen LogP contribution in [0.4, 0.5) is 0 Å². The molecule has 0 radical (unpaired) electrons. The molecule has 0 spiro atoms. The maximum Gasteiger partial charge on any atom is 0.164 e. The Morgan fingerprint density at radius 1 is 1.15 bits per heavy atom. The van der Waals surface area contributed by atoms with Crippen LogP contribution in [-0.4, -0.2) is 19.5 Å². The summed E-state index contributed by atoms with van der Waals surface area (Å²) in [7, 11) is 1.62. The highest BCUT2D eigenvalue weighted by Gasteiger charge is 2.12. The number of hydrogen-bond acceptors (Lipinski definition) is 3. The number of benzene rings is 1. The van der Waals surface area contributed by atoms with Gasteiger partial charge in [-0.2, -0.15) is 0 Å². The van der Waals surface area contributed by atoms with Gasteiger partial charge in [0.15, 0.2) is 11.5 Å². The Morgan fingerprint density at radius 2 is 1.95 bits per heavy atom. The lowest BCUT2D eigenvalue weighted by atomic mass is 10.1. The van der Waals surface area contributed by atoms with E-state index in [-0.39, 0.29) is 5.78 Å². The van der Waals surface area contributed by atoms with E-state index in [2.05, 4.69) is 6.92 Å². The van der Waals surface area contributed by atoms with Crippen molar-refractivity contribution in [2.45, 2.75) is 52.4 Å². The molecule has 112 valence electrons. The molecule has 0 aromatic heterocycles. The summed E-state index contributed by atoms with van der Waals surface area (Å²) in [6, 6.07) is 5.75. The predicted octanol–water partition coefficient (Wildman–Crippen LogP) is 4.18. The lowest BCUT2D eigenvalue weighted by Gasteiger charge is -2.14. The first-order valence-electron chi connectivity index (χ1n) is 7.53. The number of para-hydroxylation sites is 1. The Bertz CT molecular complexity index is 413. The van der Waals surface area contributed by atoms with Gasteiger partial charge in [-0.3, -0.25) is 4.79 Å². The van der Waals surface area contributed by atoms with E-state index < -0.39 is 0 Å². The second kappa shape index (κ2) is 9.40. The minimum Gasteiger partial charge on any atom is -0.493 e. The van der Waals surface area contributed by atoms with Crippen molar-refractivity contribution < 1.29 is 14.3 Å². The fourth-order valence-corrected chi connectivity index (χ4v) is 2.09. The lowest BCUT2D eigenvalue weighted by Crippen LogP contribution is -2.05. The summed E-state index contributed by atoms with van der Waals surface area (Å²) < 4.78 is 11.2. The Kier molecular flexibility index (Phi) is 7.78. The van der Waals surface area contributed by atoms with Crippen LogP contribution in [0.5, 0.6) is 11.5 Å². The summed E-state index contributed by atoms with van der Waals surface area (Å²) in [6.07, 6.45) is 5.66. The molecule has 1 rings (SSSR count). The molecule has 0 N–H and O–H groups in total. The Hall–Kier alpha value is -1.51. The van der Waals surface area contributed by atoms with Gasteiger partial charge in [0, 0.05) is 18.4 Å². The average molecular weight is 278 g/mol. The highest BCUT2D eigenvalue weighted by atomic mass is 16.5. The van der Waals surface area contributed by atoms with E-state index in [9.17, 15) is 4.79 Å². The summed E-state index contributed by atoms with van der Waals surface area (Å²) in [5.74, 6) is 1.65. The summed E-state index contributed by atoms with van der Waals surface area (Å²) >= 11 is 0. The van der Waals surface area contributed by atoms with Crippen molar-refractivity contribution in [2.75, 3.05) is 13.7 Å². The third-order valence-electron chi connectivity index (χ3n) is 3.30. The van der Waals surface area contributed by atoms with Gasteiger partial charge in [-0.05, 0) is 12.5 Å². The molecule has 0 aliphatic heterocycles. The molecule has 0 fully saturated rings. The van der Waals surface area contributed by atoms with Crippen molar-refractivity contribution in [1.82, 2.24) is 0 Å². The van der Waals surface area contributed by atoms with Crippen LogP contribution in [0.2, 0.25) is 0 Å². The van der Waals surface area contributed by atoms with Crippen LogP contribution in [0.3, 0.4) is 0 Å². The van der Waals surface area contributed by atoms with Crippen molar-refractivity contribution in [3.63, 3.8) is 0 Å². The van der Waals surface area contributed by atoms with Crippen LogP contribution in [0, 0.1) is 0 Å². The van der Waals surface area contributed by atoms with Gasteiger partial charge in [-0.1, -0.05) is 45.2 Å². The summed E-state index contributed by atoms with van der Waals surface area (Å²) in [5.41, 5.74) is 0.908. The summed E-state index contributed by atoms with van der Waals surface area (Å²) in [5, 5.41) is 0. The van der Waals surface area contributed by atoms with Crippen molar-refractivity contribution >= 4 is 5.78 Å². The molecule has 0 aliphatic carbocycles. The molecule has 0 heterocycles. The Morgan fingerprint density at radius 3 is 2.60 bits per heavy atom. The quantitative estimate of drug-likeness (QED) is 0.602. The molecule has 0 unspecified atom stereocenters. The molecule has 0 saturated heterocycles. The maximum absolute atomic E-state index is 11.6. The van der Waals surface area contributed by atoms with Crippen LogP contribution in [0.1, 0.15) is 51.5 Å². The Balaban J connectivity index is 2.65. The first kappa shape index (κ1) is 16.5. The average Bonchev–Trinajstić information content (AvgIpc) is 2.47. The number of carbonyl (C=O) groups is 1. The molecule has 1 aromatic carbocycles. The molecule has 0 bridgehead atoms. The van der Waals surface area contributed by atoms with E-state index >= 15 is 0 Å². The van der Waals surface area contributed by atoms with Gasteiger partial charge in [0.1, 0.15) is 5.78 Å². The fraction of sp³-hybridized carbons (Fsp3) is 0.588. The molecule has 0 saturated carbocycles. The SMILES string of the molecule is CCCCCCOc1cccc(CC(=O)CC)c1OC. The molecule has 3 nitrogen and oxygen atoms in total. The third kappa shape index (κ3) is 5.24. The monoisotopic (exact) mass is 278 g/mol. The van der Waals surface area contributed by atoms with E-state index in [0.717, 1.165) is 17.7 Å². The molecule has 0 amide bonds.